The Labute approximate surface area is 91.4 Å². The van der Waals surface area contributed by atoms with Gasteiger partial charge in [-0.2, -0.15) is 0 Å². The van der Waals surface area contributed by atoms with E-state index < -0.39 is 12.4 Å². The molecule has 1 aliphatic heterocycles. The maximum Gasteiger partial charge on any atom is 0.182 e. The van der Waals surface area contributed by atoms with Crippen LogP contribution in [-0.4, -0.2) is 18.3 Å². The Morgan fingerprint density at radius 1 is 1.40 bits per heavy atom. The Bertz CT molecular complexity index is 381. The van der Waals surface area contributed by atoms with Gasteiger partial charge in [0.25, 0.3) is 0 Å². The number of aliphatic hydroxyl groups excluding tert-OH is 1. The molecule has 0 spiro atoms. The highest BCUT2D eigenvalue weighted by Gasteiger charge is 2.20. The van der Waals surface area contributed by atoms with Crippen molar-refractivity contribution in [2.45, 2.75) is 13.0 Å². The minimum Gasteiger partial charge on any atom is -0.489 e. The minimum absolute atomic E-state index is 0.115. The molecule has 0 bridgehead atoms. The number of hydrogen-bond donors (Lipinski definition) is 1. The molecular formula is C10H10ClFO3. The van der Waals surface area contributed by atoms with E-state index in [1.54, 1.807) is 0 Å². The zero-order valence-corrected chi connectivity index (χ0v) is 8.68. The van der Waals surface area contributed by atoms with Gasteiger partial charge in [0.15, 0.2) is 17.3 Å². The normalized spacial score (nSPS) is 14.9. The summed E-state index contributed by atoms with van der Waals surface area (Å²) in [4.78, 5) is 0. The van der Waals surface area contributed by atoms with E-state index >= 15 is 0 Å². The van der Waals surface area contributed by atoms with Gasteiger partial charge in [0.1, 0.15) is 5.02 Å². The van der Waals surface area contributed by atoms with Crippen molar-refractivity contribution in [2.24, 2.45) is 0 Å². The molecule has 15 heavy (non-hydrogen) atoms. The van der Waals surface area contributed by atoms with Gasteiger partial charge in [-0.1, -0.05) is 11.6 Å². The number of fused-ring (bicyclic) bond motifs is 1. The molecule has 1 aliphatic rings. The lowest BCUT2D eigenvalue weighted by molar-refractivity contribution is 0.273. The van der Waals surface area contributed by atoms with Crippen LogP contribution in [0.3, 0.4) is 0 Å². The summed E-state index contributed by atoms with van der Waals surface area (Å²) < 4.78 is 24.1. The van der Waals surface area contributed by atoms with Crippen LogP contribution in [0.1, 0.15) is 12.0 Å². The van der Waals surface area contributed by atoms with Gasteiger partial charge < -0.3 is 14.6 Å². The molecule has 82 valence electrons. The lowest BCUT2D eigenvalue weighted by Gasteiger charge is -2.11. The van der Waals surface area contributed by atoms with Crippen LogP contribution in [-0.2, 0) is 6.61 Å². The van der Waals surface area contributed by atoms with E-state index in [1.165, 1.54) is 6.07 Å². The van der Waals surface area contributed by atoms with Crippen molar-refractivity contribution >= 4 is 11.6 Å². The maximum absolute atomic E-state index is 13.5. The van der Waals surface area contributed by atoms with Crippen LogP contribution in [0.4, 0.5) is 4.39 Å². The van der Waals surface area contributed by atoms with Gasteiger partial charge in [-0.05, 0) is 6.07 Å². The quantitative estimate of drug-likeness (QED) is 0.806. The van der Waals surface area contributed by atoms with Crippen molar-refractivity contribution in [1.29, 1.82) is 0 Å². The number of ether oxygens (including phenoxy) is 2. The number of benzene rings is 1. The van der Waals surface area contributed by atoms with Crippen molar-refractivity contribution in [1.82, 2.24) is 0 Å². The van der Waals surface area contributed by atoms with Crippen LogP contribution in [0.15, 0.2) is 6.07 Å². The van der Waals surface area contributed by atoms with Crippen LogP contribution >= 0.6 is 11.6 Å². The molecule has 0 unspecified atom stereocenters. The Morgan fingerprint density at radius 2 is 2.13 bits per heavy atom. The summed E-state index contributed by atoms with van der Waals surface area (Å²) in [6.07, 6.45) is 0.723. The van der Waals surface area contributed by atoms with Crippen molar-refractivity contribution in [3.05, 3.63) is 22.5 Å². The Balaban J connectivity index is 2.53. The monoisotopic (exact) mass is 232 g/mol. The first-order chi connectivity index (χ1) is 7.24. The second-order valence-corrected chi connectivity index (χ2v) is 3.58. The molecule has 0 aliphatic carbocycles. The average molecular weight is 233 g/mol. The zero-order valence-electron chi connectivity index (χ0n) is 7.93. The number of halogens is 2. The Kier molecular flexibility index (Phi) is 2.98. The van der Waals surface area contributed by atoms with Crippen LogP contribution in [0.2, 0.25) is 5.02 Å². The summed E-state index contributed by atoms with van der Waals surface area (Å²) in [7, 11) is 0. The molecule has 5 heteroatoms. The average Bonchev–Trinajstić information content (AvgIpc) is 2.48. The van der Waals surface area contributed by atoms with E-state index in [-0.39, 0.29) is 16.3 Å². The second-order valence-electron chi connectivity index (χ2n) is 3.20. The molecule has 0 atom stereocenters. The van der Waals surface area contributed by atoms with Gasteiger partial charge in [-0.25, -0.2) is 4.39 Å². The first-order valence-electron chi connectivity index (χ1n) is 4.61. The van der Waals surface area contributed by atoms with Crippen molar-refractivity contribution in [2.75, 3.05) is 13.2 Å². The largest absolute Gasteiger partial charge is 0.489 e. The molecule has 0 aromatic heterocycles. The van der Waals surface area contributed by atoms with Crippen LogP contribution in [0, 0.1) is 5.82 Å². The van der Waals surface area contributed by atoms with E-state index in [1.807, 2.05) is 0 Å². The van der Waals surface area contributed by atoms with E-state index in [9.17, 15) is 4.39 Å². The smallest absolute Gasteiger partial charge is 0.182 e. The highest BCUT2D eigenvalue weighted by molar-refractivity contribution is 6.32. The summed E-state index contributed by atoms with van der Waals surface area (Å²) in [6, 6.07) is 1.42. The number of aliphatic hydroxyl groups is 1. The molecule has 3 nitrogen and oxygen atoms in total. The molecule has 1 aromatic rings. The lowest BCUT2D eigenvalue weighted by Crippen LogP contribution is -1.98. The van der Waals surface area contributed by atoms with Crippen LogP contribution in [0.25, 0.3) is 0 Å². The minimum atomic E-state index is -0.650. The lowest BCUT2D eigenvalue weighted by atomic mass is 10.2. The third-order valence-corrected chi connectivity index (χ3v) is 2.50. The van der Waals surface area contributed by atoms with Gasteiger partial charge in [-0.15, -0.1) is 0 Å². The maximum atomic E-state index is 13.5. The number of hydrogen-bond acceptors (Lipinski definition) is 3. The SMILES string of the molecule is OCc1cc2c(c(Cl)c1F)OCCCO2. The van der Waals surface area contributed by atoms with Gasteiger partial charge >= 0.3 is 0 Å². The molecule has 1 N–H and O–H groups in total. The molecule has 2 rings (SSSR count). The third kappa shape index (κ3) is 1.87. The molecule has 0 fully saturated rings. The van der Waals surface area contributed by atoms with Crippen molar-refractivity contribution in [3.63, 3.8) is 0 Å². The predicted octanol–water partition coefficient (Wildman–Crippen LogP) is 2.13. The fourth-order valence-electron chi connectivity index (χ4n) is 1.41. The van der Waals surface area contributed by atoms with Gasteiger partial charge in [0.2, 0.25) is 0 Å². The first kappa shape index (κ1) is 10.5. The molecule has 1 aromatic carbocycles. The molecule has 1 heterocycles. The first-order valence-corrected chi connectivity index (χ1v) is 4.99. The highest BCUT2D eigenvalue weighted by Crippen LogP contribution is 2.40. The van der Waals surface area contributed by atoms with Crippen molar-refractivity contribution in [3.8, 4) is 11.5 Å². The summed E-state index contributed by atoms with van der Waals surface area (Å²) in [5, 5.41) is 8.79. The van der Waals surface area contributed by atoms with E-state index in [0.29, 0.717) is 19.0 Å². The standard InChI is InChI=1S/C10H10ClFO3/c11-8-9(12)6(5-13)4-7-10(8)15-3-1-2-14-7/h4,13H,1-3,5H2. The second kappa shape index (κ2) is 4.24. The van der Waals surface area contributed by atoms with Gasteiger partial charge in [0.05, 0.1) is 19.8 Å². The van der Waals surface area contributed by atoms with E-state index in [2.05, 4.69) is 0 Å². The Hall–Kier alpha value is -1.00. The zero-order chi connectivity index (χ0) is 10.8. The van der Waals surface area contributed by atoms with Crippen LogP contribution in [0.5, 0.6) is 11.5 Å². The predicted molar refractivity (Wildman–Crippen MR) is 52.9 cm³/mol. The third-order valence-electron chi connectivity index (χ3n) is 2.17. The summed E-state index contributed by atoms with van der Waals surface area (Å²) in [5.41, 5.74) is 0.115. The molecule has 0 saturated carbocycles. The topological polar surface area (TPSA) is 38.7 Å². The Morgan fingerprint density at radius 3 is 2.87 bits per heavy atom. The highest BCUT2D eigenvalue weighted by atomic mass is 35.5. The number of rotatable bonds is 1. The van der Waals surface area contributed by atoms with Gasteiger partial charge in [-0.3, -0.25) is 0 Å². The van der Waals surface area contributed by atoms with Crippen LogP contribution < -0.4 is 9.47 Å². The summed E-state index contributed by atoms with van der Waals surface area (Å²) in [6.45, 7) is 0.534. The summed E-state index contributed by atoms with van der Waals surface area (Å²) in [5.74, 6) is -0.0322. The fourth-order valence-corrected chi connectivity index (χ4v) is 1.68. The molecule has 0 radical (unpaired) electrons. The molecular weight excluding hydrogens is 223 g/mol. The van der Waals surface area contributed by atoms with Gasteiger partial charge in [0, 0.05) is 12.0 Å². The summed E-state index contributed by atoms with van der Waals surface area (Å²) >= 11 is 5.78. The van der Waals surface area contributed by atoms with E-state index in [0.717, 1.165) is 6.42 Å². The van der Waals surface area contributed by atoms with Crippen molar-refractivity contribution < 1.29 is 19.0 Å². The molecule has 0 saturated heterocycles. The molecule has 0 amide bonds. The fraction of sp³-hybridized carbons (Fsp3) is 0.400. The van der Waals surface area contributed by atoms with E-state index in [4.69, 9.17) is 26.2 Å².